The van der Waals surface area contributed by atoms with Crippen molar-refractivity contribution in [3.05, 3.63) is 22.5 Å². The molecule has 1 amide bonds. The molecule has 2 aliphatic rings. The van der Waals surface area contributed by atoms with Gasteiger partial charge < -0.3 is 25.0 Å². The minimum atomic E-state index is -2.95. The van der Waals surface area contributed by atoms with E-state index in [0.717, 1.165) is 37.0 Å². The number of allylic oxidation sites excluding steroid dienone is 1. The molecule has 9 nitrogen and oxygen atoms in total. The Labute approximate surface area is 232 Å². The highest BCUT2D eigenvalue weighted by molar-refractivity contribution is 7.15. The lowest BCUT2D eigenvalue weighted by Crippen LogP contribution is -2.46. The van der Waals surface area contributed by atoms with Gasteiger partial charge in [-0.1, -0.05) is 31.1 Å². The van der Waals surface area contributed by atoms with Crippen molar-refractivity contribution in [3.8, 4) is 0 Å². The number of thiazole rings is 1. The van der Waals surface area contributed by atoms with Crippen LogP contribution in [0.4, 0.5) is 18.7 Å². The van der Waals surface area contributed by atoms with Crippen LogP contribution in [0.3, 0.4) is 0 Å². The van der Waals surface area contributed by atoms with E-state index in [1.165, 1.54) is 18.2 Å². The maximum absolute atomic E-state index is 14.3. The molecule has 2 heterocycles. The van der Waals surface area contributed by atoms with Gasteiger partial charge in [0.1, 0.15) is 23.2 Å². The zero-order chi connectivity index (χ0) is 28.8. The minimum absolute atomic E-state index is 0.00536. The lowest BCUT2D eigenvalue weighted by atomic mass is 9.78. The van der Waals surface area contributed by atoms with E-state index in [4.69, 9.17) is 9.47 Å². The monoisotopic (exact) mass is 568 g/mol. The number of hydrogen-bond donors (Lipinski definition) is 2. The van der Waals surface area contributed by atoms with Crippen molar-refractivity contribution < 1.29 is 32.6 Å². The van der Waals surface area contributed by atoms with Crippen molar-refractivity contribution in [2.45, 2.75) is 89.8 Å². The Morgan fingerprint density at radius 3 is 2.56 bits per heavy atom. The first-order valence-corrected chi connectivity index (χ1v) is 14.0. The van der Waals surface area contributed by atoms with Crippen LogP contribution in [0.15, 0.2) is 17.6 Å². The highest BCUT2D eigenvalue weighted by Crippen LogP contribution is 2.39. The molecule has 1 saturated heterocycles. The number of anilines is 1. The third kappa shape index (κ3) is 8.60. The number of nitrogens with zero attached hydrogens (tertiary/aromatic N) is 2. The molecule has 2 atom stereocenters. The second kappa shape index (κ2) is 13.0. The van der Waals surface area contributed by atoms with Crippen molar-refractivity contribution >= 4 is 34.4 Å². The standard InChI is InChI=1S/C27H38F2N4O5S/c1-17-6-8-18(9-7-17)23(32-25(36)38-26(2,3)4)20(14-35)31-24-30-12-22(39-24)21(15-37-5)33-16-27(28,29)11-10-19(33)13-34/h12,17-18,21,23H,6-11,15-16H2,1-5H3,(H,30,31)(H,32,36)/t17?,18?,21?,23-/m0/s1. The number of hydrogen-bond acceptors (Lipinski definition) is 9. The van der Waals surface area contributed by atoms with E-state index in [2.05, 4.69) is 22.5 Å². The Morgan fingerprint density at radius 1 is 1.28 bits per heavy atom. The average Bonchev–Trinajstić information content (AvgIpc) is 3.32. The number of nitrogens with one attached hydrogen (secondary N) is 2. The van der Waals surface area contributed by atoms with E-state index in [1.54, 1.807) is 26.7 Å². The van der Waals surface area contributed by atoms with Gasteiger partial charge in [-0.15, -0.1) is 0 Å². The molecule has 0 aromatic carbocycles. The number of alkyl halides is 2. The number of likely N-dealkylation sites (tertiary alicyclic amines) is 1. The number of ether oxygens (including phenoxy) is 2. The fourth-order valence-corrected chi connectivity index (χ4v) is 5.95. The Hall–Kier alpha value is -2.78. The maximum Gasteiger partial charge on any atom is 0.408 e. The zero-order valence-corrected chi connectivity index (χ0v) is 24.0. The summed E-state index contributed by atoms with van der Waals surface area (Å²) in [4.78, 5) is 42.6. The summed E-state index contributed by atoms with van der Waals surface area (Å²) in [7, 11) is 1.45. The normalized spacial score (nSPS) is 22.7. The minimum Gasteiger partial charge on any atom is -0.444 e. The van der Waals surface area contributed by atoms with Gasteiger partial charge in [0.2, 0.25) is 0 Å². The fraction of sp³-hybridized carbons (Fsp3) is 0.704. The van der Waals surface area contributed by atoms with Gasteiger partial charge in [-0.3, -0.25) is 0 Å². The van der Waals surface area contributed by atoms with Crippen LogP contribution in [-0.2, 0) is 19.1 Å². The molecular formula is C27H38F2N4O5S. The Bertz CT molecular complexity index is 1100. The molecule has 0 radical (unpaired) electrons. The summed E-state index contributed by atoms with van der Waals surface area (Å²) in [6.07, 6.45) is 3.94. The molecule has 1 saturated carbocycles. The third-order valence-corrected chi connectivity index (χ3v) is 8.03. The summed E-state index contributed by atoms with van der Waals surface area (Å²) in [6.45, 7) is 6.87. The Morgan fingerprint density at radius 2 is 1.97 bits per heavy atom. The smallest absolute Gasteiger partial charge is 0.408 e. The van der Waals surface area contributed by atoms with Crippen molar-refractivity contribution in [1.82, 2.24) is 15.2 Å². The second-order valence-electron chi connectivity index (χ2n) is 11.4. The number of rotatable bonds is 9. The number of methoxy groups -OCH3 is 1. The highest BCUT2D eigenvalue weighted by Gasteiger charge is 2.41. The average molecular weight is 569 g/mol. The zero-order valence-electron chi connectivity index (χ0n) is 23.1. The van der Waals surface area contributed by atoms with E-state index in [9.17, 15) is 23.2 Å². The molecule has 0 bridgehead atoms. The summed E-state index contributed by atoms with van der Waals surface area (Å²) in [6, 6.07) is -1.36. The number of carbonyl (C=O) groups excluding carboxylic acids is 3. The predicted octanol–water partition coefficient (Wildman–Crippen LogP) is 5.12. The van der Waals surface area contributed by atoms with Gasteiger partial charge >= 0.3 is 6.09 Å². The predicted molar refractivity (Wildman–Crippen MR) is 144 cm³/mol. The molecule has 1 aliphatic heterocycles. The lowest BCUT2D eigenvalue weighted by molar-refractivity contribution is -0.0652. The van der Waals surface area contributed by atoms with Gasteiger partial charge in [-0.05, 0) is 45.4 Å². The largest absolute Gasteiger partial charge is 0.444 e. The van der Waals surface area contributed by atoms with Gasteiger partial charge in [-0.2, -0.15) is 0 Å². The van der Waals surface area contributed by atoms with Crippen LogP contribution in [0.2, 0.25) is 0 Å². The van der Waals surface area contributed by atoms with Crippen molar-refractivity contribution in [3.63, 3.8) is 0 Å². The van der Waals surface area contributed by atoms with Gasteiger partial charge in [0.15, 0.2) is 5.13 Å². The number of carbonyl (C=O) groups is 1. The molecular weight excluding hydrogens is 530 g/mol. The van der Waals surface area contributed by atoms with Crippen LogP contribution in [0, 0.1) is 11.8 Å². The molecule has 39 heavy (non-hydrogen) atoms. The lowest BCUT2D eigenvalue weighted by Gasteiger charge is -2.39. The van der Waals surface area contributed by atoms with Crippen molar-refractivity contribution in [2.75, 3.05) is 25.6 Å². The molecule has 12 heteroatoms. The van der Waals surface area contributed by atoms with E-state index in [0.29, 0.717) is 15.9 Å². The van der Waals surface area contributed by atoms with Gasteiger partial charge in [0, 0.05) is 26.1 Å². The van der Waals surface area contributed by atoms with Crippen LogP contribution in [0.1, 0.15) is 77.1 Å². The quantitative estimate of drug-likeness (QED) is 0.395. The summed E-state index contributed by atoms with van der Waals surface area (Å²) >= 11 is 1.15. The second-order valence-corrected chi connectivity index (χ2v) is 12.4. The van der Waals surface area contributed by atoms with Crippen LogP contribution >= 0.6 is 11.3 Å². The van der Waals surface area contributed by atoms with Crippen LogP contribution in [-0.4, -0.2) is 65.7 Å². The molecule has 3 rings (SSSR count). The summed E-state index contributed by atoms with van der Waals surface area (Å²) in [5.41, 5.74) is -0.440. The Balaban J connectivity index is 1.84. The Kier molecular flexibility index (Phi) is 10.3. The van der Waals surface area contributed by atoms with Gasteiger partial charge in [0.25, 0.3) is 5.92 Å². The van der Waals surface area contributed by atoms with Gasteiger partial charge in [-0.25, -0.2) is 28.1 Å². The van der Waals surface area contributed by atoms with E-state index >= 15 is 0 Å². The summed E-state index contributed by atoms with van der Waals surface area (Å²) in [5, 5.41) is 6.18. The fourth-order valence-electron chi connectivity index (χ4n) is 5.02. The molecule has 2 fully saturated rings. The van der Waals surface area contributed by atoms with Crippen LogP contribution in [0.5, 0.6) is 0 Å². The van der Waals surface area contributed by atoms with Crippen LogP contribution < -0.4 is 10.6 Å². The number of alkyl carbamates (subject to hydrolysis) is 1. The van der Waals surface area contributed by atoms with E-state index < -0.39 is 42.7 Å². The van der Waals surface area contributed by atoms with E-state index in [1.807, 2.05) is 5.94 Å². The molecule has 1 unspecified atom stereocenters. The first kappa shape index (κ1) is 30.8. The summed E-state index contributed by atoms with van der Waals surface area (Å²) in [5.74, 6) is 1.35. The van der Waals surface area contributed by atoms with Crippen molar-refractivity contribution in [2.24, 2.45) is 11.8 Å². The van der Waals surface area contributed by atoms with Crippen LogP contribution in [0.25, 0.3) is 0 Å². The molecule has 1 aromatic heterocycles. The third-order valence-electron chi connectivity index (χ3n) is 7.01. The molecule has 216 valence electrons. The first-order chi connectivity index (χ1) is 18.4. The topological polar surface area (TPSA) is 110 Å². The number of aromatic nitrogens is 1. The molecule has 2 N–H and O–H groups in total. The van der Waals surface area contributed by atoms with Crippen molar-refractivity contribution in [1.29, 1.82) is 0 Å². The SMILES string of the molecule is COCC(c1cnc(NC(=C=O)[C@@H](NC(=O)OC(C)(C)C)C2CCC(C)CC2)s1)N1CC(F)(F)CCC1=C=O. The van der Waals surface area contributed by atoms with E-state index in [-0.39, 0.29) is 30.3 Å². The number of amides is 1. The summed E-state index contributed by atoms with van der Waals surface area (Å²) < 4.78 is 39.3. The number of halogens is 2. The highest BCUT2D eigenvalue weighted by atomic mass is 32.1. The van der Waals surface area contributed by atoms with Gasteiger partial charge in [0.05, 0.1) is 35.8 Å². The molecule has 1 aliphatic carbocycles. The maximum atomic E-state index is 14.3. The molecule has 1 aromatic rings. The first-order valence-electron chi connectivity index (χ1n) is 13.2. The molecule has 0 spiro atoms. The number of piperidine rings is 1.